The number of alkyl halides is 3. The third-order valence-corrected chi connectivity index (χ3v) is 3.58. The van der Waals surface area contributed by atoms with Crippen LogP contribution in [0.2, 0.25) is 0 Å². The Balaban J connectivity index is 2.18. The lowest BCUT2D eigenvalue weighted by atomic mass is 9.98. The molecule has 1 aliphatic heterocycles. The van der Waals surface area contributed by atoms with Gasteiger partial charge < -0.3 is 0 Å². The van der Waals surface area contributed by atoms with Crippen molar-refractivity contribution in [3.63, 3.8) is 0 Å². The topological polar surface area (TPSA) is 41.1 Å². The van der Waals surface area contributed by atoms with E-state index in [1.807, 2.05) is 0 Å². The molecule has 0 bridgehead atoms. The third-order valence-electron chi connectivity index (χ3n) is 3.05. The van der Waals surface area contributed by atoms with Gasteiger partial charge >= 0.3 is 6.18 Å². The number of nitrogens with one attached hydrogen (secondary N) is 2. The lowest BCUT2D eigenvalue weighted by Gasteiger charge is -2.31. The summed E-state index contributed by atoms with van der Waals surface area (Å²) in [5, 5.41) is 4.71. The van der Waals surface area contributed by atoms with E-state index in [-0.39, 0.29) is 18.7 Å². The molecule has 0 spiro atoms. The van der Waals surface area contributed by atoms with E-state index in [2.05, 4.69) is 26.6 Å². The van der Waals surface area contributed by atoms with Gasteiger partial charge in [0.1, 0.15) is 0 Å². The highest BCUT2D eigenvalue weighted by Gasteiger charge is 2.57. The van der Waals surface area contributed by atoms with Crippen molar-refractivity contribution in [1.29, 1.82) is 0 Å². The standard InChI is InChI=1S/C12H12BrF3N2O/c13-9-3-1-8(2-4-9)10(19)7-11(12(14,15)16)17-5-6-18-11/h1-4,17-18H,5-7H2. The van der Waals surface area contributed by atoms with Gasteiger partial charge in [0.05, 0.1) is 6.42 Å². The number of carbonyl (C=O) groups excluding carboxylic acids is 1. The van der Waals surface area contributed by atoms with E-state index in [0.29, 0.717) is 0 Å². The molecule has 0 atom stereocenters. The molecule has 1 aromatic carbocycles. The van der Waals surface area contributed by atoms with Gasteiger partial charge in [0.15, 0.2) is 11.4 Å². The van der Waals surface area contributed by atoms with Crippen molar-refractivity contribution in [3.8, 4) is 0 Å². The lowest BCUT2D eigenvalue weighted by Crippen LogP contribution is -2.61. The molecule has 19 heavy (non-hydrogen) atoms. The van der Waals surface area contributed by atoms with E-state index in [1.165, 1.54) is 12.1 Å². The van der Waals surface area contributed by atoms with E-state index in [0.717, 1.165) is 4.47 Å². The van der Waals surface area contributed by atoms with Gasteiger partial charge in [-0.05, 0) is 12.1 Å². The fourth-order valence-electron chi connectivity index (χ4n) is 2.02. The Kier molecular flexibility index (Phi) is 3.98. The van der Waals surface area contributed by atoms with E-state index in [9.17, 15) is 18.0 Å². The minimum absolute atomic E-state index is 0.188. The van der Waals surface area contributed by atoms with Crippen LogP contribution in [0, 0.1) is 0 Å². The molecule has 2 rings (SSSR count). The lowest BCUT2D eigenvalue weighted by molar-refractivity contribution is -0.198. The molecule has 0 saturated carbocycles. The minimum Gasteiger partial charge on any atom is -0.294 e. The van der Waals surface area contributed by atoms with Crippen LogP contribution in [0.1, 0.15) is 16.8 Å². The molecule has 0 unspecified atom stereocenters. The predicted octanol–water partition coefficient (Wildman–Crippen LogP) is 2.47. The first-order valence-corrected chi connectivity index (χ1v) is 6.49. The average Bonchev–Trinajstić information content (AvgIpc) is 2.79. The maximum absolute atomic E-state index is 13.1. The fourth-order valence-corrected chi connectivity index (χ4v) is 2.28. The predicted molar refractivity (Wildman–Crippen MR) is 67.9 cm³/mol. The number of hydrogen-bond donors (Lipinski definition) is 2. The van der Waals surface area contributed by atoms with Crippen molar-refractivity contribution in [2.75, 3.05) is 13.1 Å². The maximum Gasteiger partial charge on any atom is 0.420 e. The Morgan fingerprint density at radius 2 is 1.74 bits per heavy atom. The molecule has 0 aliphatic carbocycles. The fraction of sp³-hybridized carbons (Fsp3) is 0.417. The van der Waals surface area contributed by atoms with Crippen LogP contribution in [0.4, 0.5) is 13.2 Å². The highest BCUT2D eigenvalue weighted by molar-refractivity contribution is 9.10. The summed E-state index contributed by atoms with van der Waals surface area (Å²) in [5.74, 6) is -0.549. The first-order valence-electron chi connectivity index (χ1n) is 5.70. The number of rotatable bonds is 3. The molecule has 1 saturated heterocycles. The molecule has 2 N–H and O–H groups in total. The van der Waals surface area contributed by atoms with Gasteiger partial charge in [-0.3, -0.25) is 15.4 Å². The van der Waals surface area contributed by atoms with E-state index in [4.69, 9.17) is 0 Å². The van der Waals surface area contributed by atoms with Crippen LogP contribution >= 0.6 is 15.9 Å². The third kappa shape index (κ3) is 2.98. The molecular formula is C12H12BrF3N2O. The zero-order valence-corrected chi connectivity index (χ0v) is 11.4. The molecule has 7 heteroatoms. The molecule has 1 fully saturated rings. The molecule has 1 aliphatic rings. The number of Topliss-reactive ketones (excluding diaryl/α,β-unsaturated/α-hetero) is 1. The first-order chi connectivity index (χ1) is 8.84. The molecule has 3 nitrogen and oxygen atoms in total. The van der Waals surface area contributed by atoms with Crippen LogP contribution in [0.5, 0.6) is 0 Å². The first kappa shape index (κ1) is 14.5. The summed E-state index contributed by atoms with van der Waals surface area (Å²) in [6.07, 6.45) is -5.17. The summed E-state index contributed by atoms with van der Waals surface area (Å²) < 4.78 is 40.0. The number of carbonyl (C=O) groups is 1. The summed E-state index contributed by atoms with van der Waals surface area (Å²) in [5.41, 5.74) is -2.04. The SMILES string of the molecule is O=C(CC1(C(F)(F)F)NCCN1)c1ccc(Br)cc1. The second-order valence-corrected chi connectivity index (χ2v) is 5.28. The molecule has 1 heterocycles. The second kappa shape index (κ2) is 5.22. The Labute approximate surface area is 116 Å². The average molecular weight is 337 g/mol. The van der Waals surface area contributed by atoms with Crippen molar-refractivity contribution >= 4 is 21.7 Å². The minimum atomic E-state index is -4.52. The van der Waals surface area contributed by atoms with Gasteiger partial charge in [-0.1, -0.05) is 28.1 Å². The number of hydrogen-bond acceptors (Lipinski definition) is 3. The quantitative estimate of drug-likeness (QED) is 0.833. The summed E-state index contributed by atoms with van der Waals surface area (Å²) in [7, 11) is 0. The highest BCUT2D eigenvalue weighted by atomic mass is 79.9. The van der Waals surface area contributed by atoms with Crippen molar-refractivity contribution in [3.05, 3.63) is 34.3 Å². The van der Waals surface area contributed by atoms with Crippen molar-refractivity contribution in [2.45, 2.75) is 18.3 Å². The van der Waals surface area contributed by atoms with Crippen molar-refractivity contribution in [1.82, 2.24) is 10.6 Å². The molecular weight excluding hydrogens is 325 g/mol. The van der Waals surface area contributed by atoms with Crippen molar-refractivity contribution < 1.29 is 18.0 Å². The number of benzene rings is 1. The normalized spacial score (nSPS) is 18.5. The monoisotopic (exact) mass is 336 g/mol. The zero-order chi connectivity index (χ0) is 14.1. The van der Waals surface area contributed by atoms with E-state index < -0.39 is 24.0 Å². The van der Waals surface area contributed by atoms with E-state index in [1.54, 1.807) is 12.1 Å². The largest absolute Gasteiger partial charge is 0.420 e. The van der Waals surface area contributed by atoms with Crippen LogP contribution in [0.25, 0.3) is 0 Å². The van der Waals surface area contributed by atoms with Crippen LogP contribution in [0.3, 0.4) is 0 Å². The van der Waals surface area contributed by atoms with Gasteiger partial charge in [0.25, 0.3) is 0 Å². The Bertz CT molecular complexity index is 467. The summed E-state index contributed by atoms with van der Waals surface area (Å²) >= 11 is 3.21. The van der Waals surface area contributed by atoms with Crippen molar-refractivity contribution in [2.24, 2.45) is 0 Å². The second-order valence-electron chi connectivity index (χ2n) is 4.36. The Morgan fingerprint density at radius 3 is 2.21 bits per heavy atom. The molecule has 1 aromatic rings. The Hall–Kier alpha value is -0.920. The van der Waals surface area contributed by atoms with Crippen LogP contribution in [0.15, 0.2) is 28.7 Å². The molecule has 104 valence electrons. The van der Waals surface area contributed by atoms with Gasteiger partial charge in [0, 0.05) is 23.1 Å². The van der Waals surface area contributed by atoms with Gasteiger partial charge in [-0.15, -0.1) is 0 Å². The molecule has 0 radical (unpaired) electrons. The number of halogens is 4. The van der Waals surface area contributed by atoms with Gasteiger partial charge in [-0.25, -0.2) is 0 Å². The summed E-state index contributed by atoms with van der Waals surface area (Å²) in [6.45, 7) is 0.375. The smallest absolute Gasteiger partial charge is 0.294 e. The van der Waals surface area contributed by atoms with Gasteiger partial charge in [-0.2, -0.15) is 13.2 Å². The summed E-state index contributed by atoms with van der Waals surface area (Å²) in [4.78, 5) is 12.0. The maximum atomic E-state index is 13.1. The number of ketones is 1. The molecule has 0 amide bonds. The van der Waals surface area contributed by atoms with Crippen LogP contribution in [-0.2, 0) is 0 Å². The summed E-state index contributed by atoms with van der Waals surface area (Å²) in [6, 6.07) is 6.27. The molecule has 0 aromatic heterocycles. The zero-order valence-electron chi connectivity index (χ0n) is 9.85. The van der Waals surface area contributed by atoms with E-state index >= 15 is 0 Å². The van der Waals surface area contributed by atoms with Crippen LogP contribution < -0.4 is 10.6 Å². The van der Waals surface area contributed by atoms with Crippen LogP contribution in [-0.4, -0.2) is 30.7 Å². The van der Waals surface area contributed by atoms with Gasteiger partial charge in [0.2, 0.25) is 0 Å². The Morgan fingerprint density at radius 1 is 1.21 bits per heavy atom. The highest BCUT2D eigenvalue weighted by Crippen LogP contribution is 2.33.